The van der Waals surface area contributed by atoms with E-state index < -0.39 is 0 Å². The molecule has 0 aliphatic carbocycles. The molecule has 2 aromatic carbocycles. The van der Waals surface area contributed by atoms with Gasteiger partial charge in [-0.15, -0.1) is 0 Å². The van der Waals surface area contributed by atoms with Crippen LogP contribution < -0.4 is 5.32 Å². The molecule has 3 aromatic rings. The van der Waals surface area contributed by atoms with Crippen molar-refractivity contribution in [1.82, 2.24) is 15.4 Å². The highest BCUT2D eigenvalue weighted by atomic mass is 16.5. The third-order valence-electron chi connectivity index (χ3n) is 5.76. The zero-order valence-corrected chi connectivity index (χ0v) is 15.7. The number of carbonyl (C=O) groups is 1. The first kappa shape index (κ1) is 17.2. The average Bonchev–Trinajstić information content (AvgIpc) is 3.44. The van der Waals surface area contributed by atoms with Crippen molar-refractivity contribution in [3.63, 3.8) is 0 Å². The highest BCUT2D eigenvalue weighted by molar-refractivity contribution is 5.83. The lowest BCUT2D eigenvalue weighted by Crippen LogP contribution is -2.45. The molecule has 3 heterocycles. The monoisotopic (exact) mass is 373 g/mol. The van der Waals surface area contributed by atoms with Gasteiger partial charge in [0.15, 0.2) is 0 Å². The Bertz CT molecular complexity index is 973. The lowest BCUT2D eigenvalue weighted by Gasteiger charge is -2.28. The maximum absolute atomic E-state index is 12.8. The number of aromatic nitrogens is 1. The predicted molar refractivity (Wildman–Crippen MR) is 108 cm³/mol. The average molecular weight is 373 g/mol. The molecule has 1 atom stereocenters. The van der Waals surface area contributed by atoms with Crippen LogP contribution in [0.15, 0.2) is 59.1 Å². The molecule has 0 bridgehead atoms. The van der Waals surface area contributed by atoms with E-state index >= 15 is 0 Å². The van der Waals surface area contributed by atoms with Crippen molar-refractivity contribution < 1.29 is 9.32 Å². The van der Waals surface area contributed by atoms with Crippen molar-refractivity contribution in [3.8, 4) is 22.4 Å². The summed E-state index contributed by atoms with van der Waals surface area (Å²) in [5.74, 6) is 1.11. The standard InChI is InChI=1S/C23H23N3O2/c27-23(20-7-4-13-24-20)26-14-12-21-19(15-26)22(25-28-21)18-10-8-17(9-11-18)16-5-2-1-3-6-16/h1-3,5-6,8-11,20,24H,4,7,12-15H2/t20-/m1/s1. The summed E-state index contributed by atoms with van der Waals surface area (Å²) in [7, 11) is 0. The lowest BCUT2D eigenvalue weighted by atomic mass is 9.98. The van der Waals surface area contributed by atoms with Gasteiger partial charge in [-0.25, -0.2) is 0 Å². The molecule has 0 radical (unpaired) electrons. The third-order valence-corrected chi connectivity index (χ3v) is 5.76. The quantitative estimate of drug-likeness (QED) is 0.761. The van der Waals surface area contributed by atoms with Crippen LogP contribution in [0.25, 0.3) is 22.4 Å². The maximum atomic E-state index is 12.8. The summed E-state index contributed by atoms with van der Waals surface area (Å²) in [5, 5.41) is 7.64. The van der Waals surface area contributed by atoms with Gasteiger partial charge >= 0.3 is 0 Å². The Morgan fingerprint density at radius 1 is 1.04 bits per heavy atom. The minimum absolute atomic E-state index is 0.0324. The van der Waals surface area contributed by atoms with Gasteiger partial charge in [-0.2, -0.15) is 0 Å². The van der Waals surface area contributed by atoms with E-state index in [4.69, 9.17) is 4.52 Å². The summed E-state index contributed by atoms with van der Waals surface area (Å²) >= 11 is 0. The molecule has 0 unspecified atom stereocenters. The van der Waals surface area contributed by atoms with E-state index in [1.54, 1.807) is 0 Å². The van der Waals surface area contributed by atoms with Crippen LogP contribution in [0.1, 0.15) is 24.2 Å². The summed E-state index contributed by atoms with van der Waals surface area (Å²) in [6.45, 7) is 2.21. The lowest BCUT2D eigenvalue weighted by molar-refractivity contribution is -0.134. The van der Waals surface area contributed by atoms with Gasteiger partial charge < -0.3 is 14.7 Å². The number of fused-ring (bicyclic) bond motifs is 1. The Morgan fingerprint density at radius 2 is 1.79 bits per heavy atom. The van der Waals surface area contributed by atoms with E-state index in [1.807, 2.05) is 23.1 Å². The van der Waals surface area contributed by atoms with Gasteiger partial charge in [-0.3, -0.25) is 4.79 Å². The summed E-state index contributed by atoms with van der Waals surface area (Å²) < 4.78 is 5.61. The van der Waals surface area contributed by atoms with Crippen molar-refractivity contribution in [3.05, 3.63) is 65.9 Å². The van der Waals surface area contributed by atoms with Crippen molar-refractivity contribution in [2.24, 2.45) is 0 Å². The maximum Gasteiger partial charge on any atom is 0.240 e. The topological polar surface area (TPSA) is 58.4 Å². The first-order chi connectivity index (χ1) is 13.8. The van der Waals surface area contributed by atoms with Crippen LogP contribution in [-0.4, -0.2) is 35.1 Å². The van der Waals surface area contributed by atoms with E-state index in [0.29, 0.717) is 13.1 Å². The molecule has 28 heavy (non-hydrogen) atoms. The van der Waals surface area contributed by atoms with E-state index in [1.165, 1.54) is 11.1 Å². The molecule has 2 aliphatic rings. The second-order valence-electron chi connectivity index (χ2n) is 7.54. The van der Waals surface area contributed by atoms with Gasteiger partial charge in [-0.1, -0.05) is 59.8 Å². The van der Waals surface area contributed by atoms with Crippen LogP contribution in [0, 0.1) is 0 Å². The van der Waals surface area contributed by atoms with Gasteiger partial charge in [0.05, 0.1) is 12.6 Å². The molecule has 0 saturated carbocycles. The fourth-order valence-corrected chi connectivity index (χ4v) is 4.19. The molecule has 1 aromatic heterocycles. The van der Waals surface area contributed by atoms with Crippen LogP contribution in [0.2, 0.25) is 0 Å². The van der Waals surface area contributed by atoms with E-state index in [2.05, 4.69) is 46.9 Å². The molecule has 142 valence electrons. The zero-order chi connectivity index (χ0) is 18.9. The summed E-state index contributed by atoms with van der Waals surface area (Å²) in [6, 6.07) is 18.7. The fraction of sp³-hybridized carbons (Fsp3) is 0.304. The molecular formula is C23H23N3O2. The van der Waals surface area contributed by atoms with Crippen molar-refractivity contribution in [2.75, 3.05) is 13.1 Å². The van der Waals surface area contributed by atoms with Gasteiger partial charge in [0, 0.05) is 24.1 Å². The minimum atomic E-state index is -0.0324. The number of carbonyl (C=O) groups excluding carboxylic acids is 1. The molecule has 1 amide bonds. The fourth-order valence-electron chi connectivity index (χ4n) is 4.19. The number of nitrogens with one attached hydrogen (secondary N) is 1. The molecular weight excluding hydrogens is 350 g/mol. The van der Waals surface area contributed by atoms with Crippen LogP contribution in [-0.2, 0) is 17.8 Å². The largest absolute Gasteiger partial charge is 0.360 e. The second kappa shape index (κ2) is 7.24. The Labute approximate surface area is 164 Å². The van der Waals surface area contributed by atoms with Crippen LogP contribution in [0.3, 0.4) is 0 Å². The van der Waals surface area contributed by atoms with Crippen molar-refractivity contribution in [1.29, 1.82) is 0 Å². The van der Waals surface area contributed by atoms with Crippen LogP contribution >= 0.6 is 0 Å². The highest BCUT2D eigenvalue weighted by Gasteiger charge is 2.32. The normalized spacial score (nSPS) is 18.9. The van der Waals surface area contributed by atoms with Crippen molar-refractivity contribution >= 4 is 5.91 Å². The molecule has 5 rings (SSSR count). The third kappa shape index (κ3) is 3.12. The number of hydrogen-bond donors (Lipinski definition) is 1. The highest BCUT2D eigenvalue weighted by Crippen LogP contribution is 2.32. The van der Waals surface area contributed by atoms with Crippen LogP contribution in [0.4, 0.5) is 0 Å². The predicted octanol–water partition coefficient (Wildman–Crippen LogP) is 3.65. The van der Waals surface area contributed by atoms with Gasteiger partial charge in [0.2, 0.25) is 5.91 Å². The first-order valence-electron chi connectivity index (χ1n) is 9.95. The summed E-state index contributed by atoms with van der Waals surface area (Å²) in [5.41, 5.74) is 5.29. The van der Waals surface area contributed by atoms with Gasteiger partial charge in [0.1, 0.15) is 11.5 Å². The SMILES string of the molecule is O=C([C@H]1CCCN1)N1CCc2onc(-c3ccc(-c4ccccc4)cc3)c2C1. The molecule has 1 saturated heterocycles. The second-order valence-corrected chi connectivity index (χ2v) is 7.54. The zero-order valence-electron chi connectivity index (χ0n) is 15.7. The smallest absolute Gasteiger partial charge is 0.240 e. The molecule has 5 nitrogen and oxygen atoms in total. The molecule has 1 fully saturated rings. The van der Waals surface area contributed by atoms with Crippen molar-refractivity contribution in [2.45, 2.75) is 31.8 Å². The van der Waals surface area contributed by atoms with Gasteiger partial charge in [-0.05, 0) is 30.5 Å². The number of benzene rings is 2. The Balaban J connectivity index is 1.39. The summed E-state index contributed by atoms with van der Waals surface area (Å²) in [4.78, 5) is 14.7. The Hall–Kier alpha value is -2.92. The number of hydrogen-bond acceptors (Lipinski definition) is 4. The molecule has 0 spiro atoms. The first-order valence-corrected chi connectivity index (χ1v) is 9.95. The summed E-state index contributed by atoms with van der Waals surface area (Å²) in [6.07, 6.45) is 2.73. The van der Waals surface area contributed by atoms with E-state index in [0.717, 1.165) is 48.4 Å². The molecule has 1 N–H and O–H groups in total. The van der Waals surface area contributed by atoms with E-state index in [-0.39, 0.29) is 11.9 Å². The molecule has 2 aliphatic heterocycles. The molecule has 5 heteroatoms. The van der Waals surface area contributed by atoms with Gasteiger partial charge in [0.25, 0.3) is 0 Å². The Kier molecular flexibility index (Phi) is 4.45. The number of amides is 1. The Morgan fingerprint density at radius 3 is 2.54 bits per heavy atom. The minimum Gasteiger partial charge on any atom is -0.360 e. The number of nitrogens with zero attached hydrogens (tertiary/aromatic N) is 2. The van der Waals surface area contributed by atoms with E-state index in [9.17, 15) is 4.79 Å². The number of rotatable bonds is 3. The van der Waals surface area contributed by atoms with Crippen LogP contribution in [0.5, 0.6) is 0 Å².